The summed E-state index contributed by atoms with van der Waals surface area (Å²) in [5.41, 5.74) is 5.95. The average Bonchev–Trinajstić information content (AvgIpc) is 2.73. The second-order valence-corrected chi connectivity index (χ2v) is 8.49. The quantitative estimate of drug-likeness (QED) is 0.670. The minimum Gasteiger partial charge on any atom is -0.496 e. The summed E-state index contributed by atoms with van der Waals surface area (Å²) in [4.78, 5) is 11.9. The van der Waals surface area contributed by atoms with Crippen molar-refractivity contribution in [2.75, 3.05) is 31.4 Å². The molecular formula is C23H28N2O2S. The number of anilines is 1. The molecule has 1 unspecified atom stereocenters. The number of ether oxygens (including phenoxy) is 1. The van der Waals surface area contributed by atoms with E-state index in [4.69, 9.17) is 4.74 Å². The number of carbonyl (C=O) groups excluding carboxylic acids is 1. The normalized spacial score (nSPS) is 18.2. The van der Waals surface area contributed by atoms with E-state index in [9.17, 15) is 4.79 Å². The molecule has 28 heavy (non-hydrogen) atoms. The van der Waals surface area contributed by atoms with Gasteiger partial charge in [-0.3, -0.25) is 4.79 Å². The fourth-order valence-corrected chi connectivity index (χ4v) is 5.06. The number of hydrogen-bond donors (Lipinski definition) is 2. The lowest BCUT2D eigenvalue weighted by atomic mass is 9.80. The molecule has 1 atom stereocenters. The van der Waals surface area contributed by atoms with Crippen LogP contribution in [0.1, 0.15) is 52.2 Å². The van der Waals surface area contributed by atoms with Gasteiger partial charge in [-0.15, -0.1) is 0 Å². The third kappa shape index (κ3) is 4.20. The first-order chi connectivity index (χ1) is 13.8. The number of methoxy groups -OCH3 is 1. The van der Waals surface area contributed by atoms with Crippen molar-refractivity contribution in [1.82, 2.24) is 5.32 Å². The molecule has 0 fully saturated rings. The van der Waals surface area contributed by atoms with Gasteiger partial charge in [0.05, 0.1) is 18.6 Å². The van der Waals surface area contributed by atoms with Crippen molar-refractivity contribution in [3.63, 3.8) is 0 Å². The molecule has 4 rings (SSSR count). The lowest BCUT2D eigenvalue weighted by Gasteiger charge is -2.27. The van der Waals surface area contributed by atoms with Crippen LogP contribution in [0, 0.1) is 0 Å². The van der Waals surface area contributed by atoms with Gasteiger partial charge >= 0.3 is 0 Å². The van der Waals surface area contributed by atoms with Gasteiger partial charge in [-0.05, 0) is 86.0 Å². The van der Waals surface area contributed by atoms with E-state index < -0.39 is 0 Å². The van der Waals surface area contributed by atoms with E-state index in [0.717, 1.165) is 49.4 Å². The van der Waals surface area contributed by atoms with Gasteiger partial charge < -0.3 is 15.4 Å². The summed E-state index contributed by atoms with van der Waals surface area (Å²) in [5.74, 6) is 2.34. The van der Waals surface area contributed by atoms with Crippen molar-refractivity contribution in [1.29, 1.82) is 0 Å². The maximum Gasteiger partial charge on any atom is 0.223 e. The Morgan fingerprint density at radius 2 is 2.18 bits per heavy atom. The zero-order valence-corrected chi connectivity index (χ0v) is 17.2. The van der Waals surface area contributed by atoms with Crippen LogP contribution in [-0.4, -0.2) is 31.2 Å². The fraction of sp³-hybridized carbons (Fsp3) is 0.435. The fourth-order valence-electron chi connectivity index (χ4n) is 4.37. The maximum atomic E-state index is 11.9. The number of fused-ring (bicyclic) bond motifs is 2. The first kappa shape index (κ1) is 19.3. The molecule has 0 aromatic heterocycles. The van der Waals surface area contributed by atoms with E-state index in [1.165, 1.54) is 41.3 Å². The predicted octanol–water partition coefficient (Wildman–Crippen LogP) is 4.59. The van der Waals surface area contributed by atoms with Gasteiger partial charge in [0.15, 0.2) is 0 Å². The highest BCUT2D eigenvalue weighted by Crippen LogP contribution is 2.38. The van der Waals surface area contributed by atoms with E-state index in [1.54, 1.807) is 7.11 Å². The molecular weight excluding hydrogens is 368 g/mol. The lowest BCUT2D eigenvalue weighted by molar-refractivity contribution is 0.108. The average molecular weight is 397 g/mol. The van der Waals surface area contributed by atoms with Crippen molar-refractivity contribution in [3.05, 3.63) is 58.7 Å². The predicted molar refractivity (Wildman–Crippen MR) is 117 cm³/mol. The first-order valence-electron chi connectivity index (χ1n) is 10.2. The Labute approximate surface area is 171 Å². The number of thioether (sulfide) groups is 1. The van der Waals surface area contributed by atoms with E-state index in [1.807, 2.05) is 6.07 Å². The van der Waals surface area contributed by atoms with Crippen LogP contribution in [0.5, 0.6) is 5.75 Å². The van der Waals surface area contributed by atoms with Crippen LogP contribution in [0.2, 0.25) is 0 Å². The summed E-state index contributed by atoms with van der Waals surface area (Å²) >= 11 is 1.33. The maximum absolute atomic E-state index is 11.9. The van der Waals surface area contributed by atoms with Crippen LogP contribution in [0.25, 0.3) is 0 Å². The van der Waals surface area contributed by atoms with Gasteiger partial charge in [0, 0.05) is 5.69 Å². The van der Waals surface area contributed by atoms with Crippen LogP contribution in [0.15, 0.2) is 36.4 Å². The summed E-state index contributed by atoms with van der Waals surface area (Å²) in [6, 6.07) is 12.6. The summed E-state index contributed by atoms with van der Waals surface area (Å²) < 4.78 is 5.56. The molecule has 2 aromatic rings. The molecule has 0 bridgehead atoms. The summed E-state index contributed by atoms with van der Waals surface area (Å²) in [6.45, 7) is 1.98. The van der Waals surface area contributed by atoms with Crippen LogP contribution >= 0.6 is 11.8 Å². The number of rotatable bonds is 7. The molecule has 0 amide bonds. The minimum atomic E-state index is 0.169. The first-order valence-corrected chi connectivity index (χ1v) is 11.1. The lowest BCUT2D eigenvalue weighted by Crippen LogP contribution is -2.22. The van der Waals surface area contributed by atoms with E-state index in [0.29, 0.717) is 11.8 Å². The Morgan fingerprint density at radius 3 is 3.07 bits per heavy atom. The zero-order valence-electron chi connectivity index (χ0n) is 16.4. The van der Waals surface area contributed by atoms with Crippen molar-refractivity contribution >= 4 is 22.6 Å². The van der Waals surface area contributed by atoms with Crippen molar-refractivity contribution in [3.8, 4) is 5.75 Å². The van der Waals surface area contributed by atoms with Crippen molar-refractivity contribution in [2.45, 2.75) is 38.0 Å². The molecule has 0 saturated carbocycles. The Morgan fingerprint density at radius 1 is 1.25 bits per heavy atom. The topological polar surface area (TPSA) is 50.4 Å². The van der Waals surface area contributed by atoms with E-state index in [2.05, 4.69) is 41.0 Å². The van der Waals surface area contributed by atoms with Crippen molar-refractivity contribution < 1.29 is 9.53 Å². The molecule has 0 saturated heterocycles. The minimum absolute atomic E-state index is 0.169. The van der Waals surface area contributed by atoms with Gasteiger partial charge in [0.1, 0.15) is 5.75 Å². The van der Waals surface area contributed by atoms with Crippen LogP contribution in [0.4, 0.5) is 5.69 Å². The van der Waals surface area contributed by atoms with Crippen LogP contribution in [-0.2, 0) is 12.8 Å². The summed E-state index contributed by atoms with van der Waals surface area (Å²) in [6.07, 6.45) is 5.79. The van der Waals surface area contributed by atoms with E-state index in [-0.39, 0.29) is 5.12 Å². The SMILES string of the molecule is COc1cccc2c1CCCC2CCNCCc1ccc2c(c1)NCSC2=O. The smallest absolute Gasteiger partial charge is 0.223 e. The van der Waals surface area contributed by atoms with E-state index >= 15 is 0 Å². The highest BCUT2D eigenvalue weighted by molar-refractivity contribution is 8.14. The number of nitrogens with one attached hydrogen (secondary N) is 2. The second-order valence-electron chi connectivity index (χ2n) is 7.54. The van der Waals surface area contributed by atoms with Crippen molar-refractivity contribution in [2.24, 2.45) is 0 Å². The molecule has 2 aromatic carbocycles. The molecule has 1 aliphatic carbocycles. The molecule has 1 aliphatic heterocycles. The molecule has 0 radical (unpaired) electrons. The Balaban J connectivity index is 1.27. The van der Waals surface area contributed by atoms with Gasteiger partial charge in [0.25, 0.3) is 0 Å². The largest absolute Gasteiger partial charge is 0.496 e. The Kier molecular flexibility index (Phi) is 6.23. The third-order valence-electron chi connectivity index (χ3n) is 5.84. The second kappa shape index (κ2) is 9.01. The van der Waals surface area contributed by atoms with Gasteiger partial charge in [0.2, 0.25) is 5.12 Å². The summed E-state index contributed by atoms with van der Waals surface area (Å²) in [7, 11) is 1.77. The molecule has 0 spiro atoms. The molecule has 148 valence electrons. The van der Waals surface area contributed by atoms with Gasteiger partial charge in [-0.1, -0.05) is 30.0 Å². The molecule has 2 N–H and O–H groups in total. The number of hydrogen-bond acceptors (Lipinski definition) is 5. The zero-order chi connectivity index (χ0) is 19.3. The molecule has 4 nitrogen and oxygen atoms in total. The summed E-state index contributed by atoms with van der Waals surface area (Å²) in [5, 5.41) is 7.08. The van der Waals surface area contributed by atoms with Gasteiger partial charge in [-0.25, -0.2) is 0 Å². The van der Waals surface area contributed by atoms with Gasteiger partial charge in [-0.2, -0.15) is 0 Å². The third-order valence-corrected chi connectivity index (χ3v) is 6.61. The number of benzene rings is 2. The Bertz CT molecular complexity index is 852. The monoisotopic (exact) mass is 396 g/mol. The van der Waals surface area contributed by atoms with Crippen LogP contribution in [0.3, 0.4) is 0 Å². The standard InChI is InChI=1S/C23H28N2O2S/c1-27-22-7-3-5-18-17(4-2-6-19(18)22)11-13-24-12-10-16-8-9-20-21(14-16)25-15-28-23(20)26/h3,5,7-9,14,17,24-25H,2,4,6,10-13,15H2,1H3. The highest BCUT2D eigenvalue weighted by atomic mass is 32.2. The molecule has 2 aliphatic rings. The highest BCUT2D eigenvalue weighted by Gasteiger charge is 2.22. The number of carbonyl (C=O) groups is 1. The Hall–Kier alpha value is -1.98. The van der Waals surface area contributed by atoms with Crippen LogP contribution < -0.4 is 15.4 Å². The molecule has 1 heterocycles. The molecule has 5 heteroatoms.